The van der Waals surface area contributed by atoms with Crippen molar-refractivity contribution in [2.24, 2.45) is 0 Å². The maximum absolute atomic E-state index is 5.18. The van der Waals surface area contributed by atoms with Gasteiger partial charge >= 0.3 is 0 Å². The summed E-state index contributed by atoms with van der Waals surface area (Å²) in [6.07, 6.45) is 16.0. The van der Waals surface area contributed by atoms with E-state index in [9.17, 15) is 0 Å². The highest BCUT2D eigenvalue weighted by atomic mass is 16.3. The summed E-state index contributed by atoms with van der Waals surface area (Å²) in [7, 11) is 0. The van der Waals surface area contributed by atoms with E-state index < -0.39 is 0 Å². The summed E-state index contributed by atoms with van der Waals surface area (Å²) in [5.74, 6) is 0. The minimum Gasteiger partial charge on any atom is -0.472 e. The number of unbranched alkanes of at least 4 members (excludes halogenated alkanes) is 7. The van der Waals surface area contributed by atoms with Crippen LogP contribution in [0.4, 0.5) is 0 Å². The van der Waals surface area contributed by atoms with Gasteiger partial charge in [-0.05, 0) is 19.0 Å². The highest BCUT2D eigenvalue weighted by Crippen LogP contribution is 2.20. The van der Waals surface area contributed by atoms with Gasteiger partial charge in [-0.25, -0.2) is 0 Å². The van der Waals surface area contributed by atoms with Gasteiger partial charge in [0.2, 0.25) is 0 Å². The summed E-state index contributed by atoms with van der Waals surface area (Å²) >= 11 is 0. The van der Waals surface area contributed by atoms with E-state index in [1.165, 1.54) is 63.4 Å². The van der Waals surface area contributed by atoms with E-state index in [4.69, 9.17) is 4.42 Å². The Hall–Kier alpha value is -0.760. The fraction of sp³-hybridized carbons (Fsp3) is 0.765. The lowest BCUT2D eigenvalue weighted by molar-refractivity contribution is 0.468. The molecule has 1 atom stereocenters. The third kappa shape index (κ3) is 7.41. The predicted molar refractivity (Wildman–Crippen MR) is 82.4 cm³/mol. The monoisotopic (exact) mass is 265 g/mol. The first-order valence-electron chi connectivity index (χ1n) is 8.14. The summed E-state index contributed by atoms with van der Waals surface area (Å²) in [4.78, 5) is 0. The molecule has 0 saturated heterocycles. The Morgan fingerprint density at radius 1 is 1.00 bits per heavy atom. The Balaban J connectivity index is 2.06. The summed E-state index contributed by atoms with van der Waals surface area (Å²) in [6.45, 7) is 5.46. The summed E-state index contributed by atoms with van der Waals surface area (Å²) in [5, 5.41) is 3.54. The van der Waals surface area contributed by atoms with E-state index in [0.29, 0.717) is 6.04 Å². The Labute approximate surface area is 119 Å². The van der Waals surface area contributed by atoms with E-state index in [-0.39, 0.29) is 0 Å². The molecule has 0 aliphatic rings. The van der Waals surface area contributed by atoms with Crippen molar-refractivity contribution in [1.82, 2.24) is 5.32 Å². The van der Waals surface area contributed by atoms with Crippen molar-refractivity contribution >= 4 is 0 Å². The van der Waals surface area contributed by atoms with Crippen LogP contribution in [0.1, 0.15) is 83.2 Å². The highest BCUT2D eigenvalue weighted by molar-refractivity contribution is 5.11. The molecule has 1 rings (SSSR count). The summed E-state index contributed by atoms with van der Waals surface area (Å²) in [5.41, 5.74) is 1.30. The van der Waals surface area contributed by atoms with Crippen molar-refractivity contribution < 1.29 is 4.42 Å². The molecular formula is C17H31NO. The molecule has 19 heavy (non-hydrogen) atoms. The van der Waals surface area contributed by atoms with Crippen molar-refractivity contribution in [3.05, 3.63) is 24.2 Å². The molecule has 2 nitrogen and oxygen atoms in total. The Morgan fingerprint density at radius 2 is 1.68 bits per heavy atom. The molecule has 2 heteroatoms. The third-order valence-electron chi connectivity index (χ3n) is 3.74. The van der Waals surface area contributed by atoms with Gasteiger partial charge in [-0.1, -0.05) is 65.2 Å². The van der Waals surface area contributed by atoms with Crippen LogP contribution in [0, 0.1) is 0 Å². The average molecular weight is 265 g/mol. The second-order valence-corrected chi connectivity index (χ2v) is 5.43. The predicted octanol–water partition coefficient (Wildman–Crippen LogP) is 5.46. The van der Waals surface area contributed by atoms with Crippen molar-refractivity contribution in [3.63, 3.8) is 0 Å². The normalized spacial score (nSPS) is 12.7. The van der Waals surface area contributed by atoms with Crippen LogP contribution in [0.3, 0.4) is 0 Å². The Bertz CT molecular complexity index is 281. The SMILES string of the molecule is CCCCCCCCCCC(NCC)c1ccoc1. The van der Waals surface area contributed by atoms with Crippen molar-refractivity contribution in [2.75, 3.05) is 6.54 Å². The second kappa shape index (κ2) is 11.1. The fourth-order valence-corrected chi connectivity index (χ4v) is 2.59. The highest BCUT2D eigenvalue weighted by Gasteiger charge is 2.10. The molecular weight excluding hydrogens is 234 g/mol. The zero-order chi connectivity index (χ0) is 13.8. The smallest absolute Gasteiger partial charge is 0.0950 e. The molecule has 0 bridgehead atoms. The van der Waals surface area contributed by atoms with Crippen LogP contribution >= 0.6 is 0 Å². The zero-order valence-electron chi connectivity index (χ0n) is 12.8. The summed E-state index contributed by atoms with van der Waals surface area (Å²) in [6, 6.07) is 2.56. The van der Waals surface area contributed by atoms with E-state index >= 15 is 0 Å². The maximum atomic E-state index is 5.18. The maximum Gasteiger partial charge on any atom is 0.0950 e. The number of nitrogens with one attached hydrogen (secondary N) is 1. The average Bonchev–Trinajstić information content (AvgIpc) is 2.94. The largest absolute Gasteiger partial charge is 0.472 e. The van der Waals surface area contributed by atoms with Crippen LogP contribution in [-0.4, -0.2) is 6.54 Å². The fourth-order valence-electron chi connectivity index (χ4n) is 2.59. The topological polar surface area (TPSA) is 25.2 Å². The molecule has 1 heterocycles. The minimum atomic E-state index is 0.476. The van der Waals surface area contributed by atoms with Gasteiger partial charge in [-0.2, -0.15) is 0 Å². The molecule has 0 aromatic carbocycles. The second-order valence-electron chi connectivity index (χ2n) is 5.43. The van der Waals surface area contributed by atoms with Crippen LogP contribution in [0.15, 0.2) is 23.0 Å². The molecule has 0 fully saturated rings. The molecule has 0 radical (unpaired) electrons. The lowest BCUT2D eigenvalue weighted by Gasteiger charge is -2.16. The van der Waals surface area contributed by atoms with Gasteiger partial charge in [-0.15, -0.1) is 0 Å². The van der Waals surface area contributed by atoms with Gasteiger partial charge in [0.05, 0.1) is 12.5 Å². The van der Waals surface area contributed by atoms with Gasteiger partial charge in [0.25, 0.3) is 0 Å². The number of furan rings is 1. The summed E-state index contributed by atoms with van der Waals surface area (Å²) < 4.78 is 5.18. The molecule has 110 valence electrons. The van der Waals surface area contributed by atoms with Gasteiger partial charge in [0.1, 0.15) is 0 Å². The molecule has 1 aromatic rings. The van der Waals surface area contributed by atoms with Crippen LogP contribution in [-0.2, 0) is 0 Å². The number of rotatable bonds is 12. The minimum absolute atomic E-state index is 0.476. The van der Waals surface area contributed by atoms with Gasteiger partial charge < -0.3 is 9.73 Å². The molecule has 1 N–H and O–H groups in total. The van der Waals surface area contributed by atoms with Crippen LogP contribution in [0.5, 0.6) is 0 Å². The van der Waals surface area contributed by atoms with Crippen LogP contribution in [0.25, 0.3) is 0 Å². The van der Waals surface area contributed by atoms with Gasteiger partial charge in [0, 0.05) is 11.6 Å². The van der Waals surface area contributed by atoms with Crippen molar-refractivity contribution in [1.29, 1.82) is 0 Å². The number of hydrogen-bond acceptors (Lipinski definition) is 2. The molecule has 1 unspecified atom stereocenters. The van der Waals surface area contributed by atoms with E-state index in [1.54, 1.807) is 6.26 Å². The zero-order valence-corrected chi connectivity index (χ0v) is 12.8. The third-order valence-corrected chi connectivity index (χ3v) is 3.74. The molecule has 0 aliphatic heterocycles. The van der Waals surface area contributed by atoms with Crippen LogP contribution < -0.4 is 5.32 Å². The molecule has 1 aromatic heterocycles. The Kier molecular flexibility index (Phi) is 9.52. The first-order valence-corrected chi connectivity index (χ1v) is 8.14. The van der Waals surface area contributed by atoms with Gasteiger partial charge in [-0.3, -0.25) is 0 Å². The molecule has 0 spiro atoms. The van der Waals surface area contributed by atoms with Crippen LogP contribution in [0.2, 0.25) is 0 Å². The lowest BCUT2D eigenvalue weighted by Crippen LogP contribution is -2.20. The molecule has 0 saturated carbocycles. The quantitative estimate of drug-likeness (QED) is 0.508. The van der Waals surface area contributed by atoms with Crippen molar-refractivity contribution in [3.8, 4) is 0 Å². The van der Waals surface area contributed by atoms with E-state index in [1.807, 2.05) is 6.26 Å². The van der Waals surface area contributed by atoms with E-state index in [2.05, 4.69) is 25.2 Å². The van der Waals surface area contributed by atoms with Gasteiger partial charge in [0.15, 0.2) is 0 Å². The molecule has 0 aliphatic carbocycles. The number of hydrogen-bond donors (Lipinski definition) is 1. The van der Waals surface area contributed by atoms with Crippen molar-refractivity contribution in [2.45, 2.75) is 77.7 Å². The Morgan fingerprint density at radius 3 is 2.26 bits per heavy atom. The molecule has 0 amide bonds. The lowest BCUT2D eigenvalue weighted by atomic mass is 10.0. The first kappa shape index (κ1) is 16.3. The van der Waals surface area contributed by atoms with E-state index in [0.717, 1.165) is 6.54 Å². The standard InChI is InChI=1S/C17H31NO/c1-3-5-6-7-8-9-10-11-12-17(18-4-2)16-13-14-19-15-16/h13-15,17-18H,3-12H2,1-2H3. The first-order chi connectivity index (χ1) is 9.38.